The first kappa shape index (κ1) is 16.5. The number of aliphatic hydroxyl groups excluding tert-OH is 1. The zero-order valence-corrected chi connectivity index (χ0v) is 13.7. The van der Waals surface area contributed by atoms with Gasteiger partial charge in [0.25, 0.3) is 5.91 Å². The predicted octanol–water partition coefficient (Wildman–Crippen LogP) is 2.53. The van der Waals surface area contributed by atoms with Crippen molar-refractivity contribution in [2.45, 2.75) is 51.5 Å². The van der Waals surface area contributed by atoms with Crippen molar-refractivity contribution >= 4 is 17.2 Å². The van der Waals surface area contributed by atoms with E-state index in [1.165, 1.54) is 10.4 Å². The van der Waals surface area contributed by atoms with E-state index in [1.54, 1.807) is 11.3 Å². The van der Waals surface area contributed by atoms with Gasteiger partial charge in [0.15, 0.2) is 0 Å². The number of ether oxygens (including phenoxy) is 1. The number of nitrogens with one attached hydrogen (secondary N) is 1. The topological polar surface area (TPSA) is 58.6 Å². The van der Waals surface area contributed by atoms with Gasteiger partial charge in [-0.05, 0) is 37.3 Å². The van der Waals surface area contributed by atoms with Gasteiger partial charge in [-0.25, -0.2) is 0 Å². The Morgan fingerprint density at radius 3 is 2.71 bits per heavy atom. The number of aliphatic hydroxyl groups is 1. The molecule has 21 heavy (non-hydrogen) atoms. The van der Waals surface area contributed by atoms with Gasteiger partial charge < -0.3 is 15.2 Å². The van der Waals surface area contributed by atoms with Gasteiger partial charge in [0.05, 0.1) is 17.0 Å². The maximum atomic E-state index is 12.5. The van der Waals surface area contributed by atoms with Crippen LogP contribution in [-0.4, -0.2) is 36.4 Å². The van der Waals surface area contributed by atoms with Crippen LogP contribution in [0.4, 0.5) is 0 Å². The van der Waals surface area contributed by atoms with Gasteiger partial charge in [-0.3, -0.25) is 4.79 Å². The van der Waals surface area contributed by atoms with Crippen molar-refractivity contribution in [2.24, 2.45) is 0 Å². The lowest BCUT2D eigenvalue weighted by atomic mass is 9.91. The summed E-state index contributed by atoms with van der Waals surface area (Å²) >= 11 is 1.59. The van der Waals surface area contributed by atoms with Crippen LogP contribution in [0.15, 0.2) is 6.07 Å². The number of thiophene rings is 1. The lowest BCUT2D eigenvalue weighted by Crippen LogP contribution is -2.54. The fraction of sp³-hybridized carbons (Fsp3) is 0.688. The van der Waals surface area contributed by atoms with Crippen LogP contribution in [0.1, 0.15) is 53.2 Å². The SMILES string of the molecule is CCCc1sc(C(=O)NC2(CO)CCOCC2)cc1CC. The molecule has 4 nitrogen and oxygen atoms in total. The average Bonchev–Trinajstić information content (AvgIpc) is 2.92. The Morgan fingerprint density at radius 2 is 2.14 bits per heavy atom. The molecule has 5 heteroatoms. The molecular weight excluding hydrogens is 286 g/mol. The minimum Gasteiger partial charge on any atom is -0.394 e. The first-order chi connectivity index (χ1) is 10.1. The predicted molar refractivity (Wildman–Crippen MR) is 85.0 cm³/mol. The zero-order valence-electron chi connectivity index (χ0n) is 12.9. The molecular formula is C16H25NO3S. The second kappa shape index (κ2) is 7.38. The molecule has 1 aliphatic heterocycles. The summed E-state index contributed by atoms with van der Waals surface area (Å²) in [5, 5.41) is 12.7. The second-order valence-electron chi connectivity index (χ2n) is 5.67. The molecule has 1 amide bonds. The molecule has 1 aromatic rings. The highest BCUT2D eigenvalue weighted by Gasteiger charge is 2.34. The molecule has 2 rings (SSSR count). The van der Waals surface area contributed by atoms with Crippen LogP contribution in [0, 0.1) is 0 Å². The smallest absolute Gasteiger partial charge is 0.261 e. The summed E-state index contributed by atoms with van der Waals surface area (Å²) in [4.78, 5) is 14.6. The van der Waals surface area contributed by atoms with Gasteiger partial charge >= 0.3 is 0 Å². The van der Waals surface area contributed by atoms with E-state index >= 15 is 0 Å². The molecule has 1 fully saturated rings. The van der Waals surface area contributed by atoms with Gasteiger partial charge in [-0.2, -0.15) is 0 Å². The molecule has 0 spiro atoms. The quantitative estimate of drug-likeness (QED) is 0.849. The number of hydrogen-bond donors (Lipinski definition) is 2. The number of carbonyl (C=O) groups is 1. The second-order valence-corrected chi connectivity index (χ2v) is 6.80. The summed E-state index contributed by atoms with van der Waals surface area (Å²) < 4.78 is 5.33. The lowest BCUT2D eigenvalue weighted by molar-refractivity contribution is 0.0126. The van der Waals surface area contributed by atoms with Crippen molar-refractivity contribution in [3.05, 3.63) is 21.4 Å². The van der Waals surface area contributed by atoms with E-state index in [9.17, 15) is 9.90 Å². The Labute approximate surface area is 130 Å². The van der Waals surface area contributed by atoms with Gasteiger partial charge in [0.2, 0.25) is 0 Å². The van der Waals surface area contributed by atoms with Crippen molar-refractivity contribution < 1.29 is 14.6 Å². The Kier molecular flexibility index (Phi) is 5.79. The maximum absolute atomic E-state index is 12.5. The molecule has 1 aromatic heterocycles. The fourth-order valence-corrected chi connectivity index (χ4v) is 3.95. The van der Waals surface area contributed by atoms with Crippen LogP contribution < -0.4 is 5.32 Å². The maximum Gasteiger partial charge on any atom is 0.261 e. The van der Waals surface area contributed by atoms with Gasteiger partial charge in [0, 0.05) is 18.1 Å². The van der Waals surface area contributed by atoms with Crippen LogP contribution in [0.2, 0.25) is 0 Å². The normalized spacial score (nSPS) is 17.7. The number of hydrogen-bond acceptors (Lipinski definition) is 4. The lowest BCUT2D eigenvalue weighted by Gasteiger charge is -2.36. The number of carbonyl (C=O) groups excluding carboxylic acids is 1. The van der Waals surface area contributed by atoms with Crippen LogP contribution in [0.25, 0.3) is 0 Å². The fourth-order valence-electron chi connectivity index (χ4n) is 2.70. The van der Waals surface area contributed by atoms with Crippen molar-refractivity contribution in [3.8, 4) is 0 Å². The Bertz CT molecular complexity index is 478. The molecule has 118 valence electrons. The molecule has 0 unspecified atom stereocenters. The van der Waals surface area contributed by atoms with E-state index in [4.69, 9.17) is 4.74 Å². The summed E-state index contributed by atoms with van der Waals surface area (Å²) in [7, 11) is 0. The largest absolute Gasteiger partial charge is 0.394 e. The highest BCUT2D eigenvalue weighted by atomic mass is 32.1. The number of amides is 1. The van der Waals surface area contributed by atoms with E-state index in [-0.39, 0.29) is 12.5 Å². The monoisotopic (exact) mass is 311 g/mol. The molecule has 0 saturated carbocycles. The van der Waals surface area contributed by atoms with Crippen molar-refractivity contribution in [3.63, 3.8) is 0 Å². The molecule has 0 bridgehead atoms. The van der Waals surface area contributed by atoms with Crippen molar-refractivity contribution in [1.82, 2.24) is 5.32 Å². The first-order valence-corrected chi connectivity index (χ1v) is 8.58. The number of rotatable bonds is 6. The number of aryl methyl sites for hydroxylation is 2. The molecule has 0 aromatic carbocycles. The Morgan fingerprint density at radius 1 is 1.43 bits per heavy atom. The molecule has 0 radical (unpaired) electrons. The molecule has 2 N–H and O–H groups in total. The van der Waals surface area contributed by atoms with E-state index < -0.39 is 5.54 Å². The summed E-state index contributed by atoms with van der Waals surface area (Å²) in [5.74, 6) is -0.0620. The van der Waals surface area contributed by atoms with E-state index in [0.29, 0.717) is 26.1 Å². The van der Waals surface area contributed by atoms with E-state index in [1.807, 2.05) is 6.07 Å². The molecule has 1 aliphatic rings. The molecule has 1 saturated heterocycles. The van der Waals surface area contributed by atoms with Crippen LogP contribution in [-0.2, 0) is 17.6 Å². The highest BCUT2D eigenvalue weighted by molar-refractivity contribution is 7.14. The molecule has 0 atom stereocenters. The van der Waals surface area contributed by atoms with Crippen molar-refractivity contribution in [1.29, 1.82) is 0 Å². The average molecular weight is 311 g/mol. The van der Waals surface area contributed by atoms with Crippen molar-refractivity contribution in [2.75, 3.05) is 19.8 Å². The Balaban J connectivity index is 2.12. The molecule has 0 aliphatic carbocycles. The third kappa shape index (κ3) is 3.84. The summed E-state index contributed by atoms with van der Waals surface area (Å²) in [5.41, 5.74) is 0.758. The van der Waals surface area contributed by atoms with Gasteiger partial charge in [0.1, 0.15) is 0 Å². The Hall–Kier alpha value is -0.910. The minimum atomic E-state index is -0.517. The van der Waals surface area contributed by atoms with Crippen LogP contribution in [0.3, 0.4) is 0 Å². The summed E-state index contributed by atoms with van der Waals surface area (Å²) in [6.07, 6.45) is 4.41. The van der Waals surface area contributed by atoms with Gasteiger partial charge in [-0.1, -0.05) is 20.3 Å². The van der Waals surface area contributed by atoms with E-state index in [2.05, 4.69) is 19.2 Å². The van der Waals surface area contributed by atoms with Crippen LogP contribution >= 0.6 is 11.3 Å². The third-order valence-electron chi connectivity index (χ3n) is 4.11. The van der Waals surface area contributed by atoms with E-state index in [0.717, 1.165) is 24.1 Å². The first-order valence-electron chi connectivity index (χ1n) is 7.77. The van der Waals surface area contributed by atoms with Crippen LogP contribution in [0.5, 0.6) is 0 Å². The third-order valence-corrected chi connectivity index (χ3v) is 5.35. The molecule has 2 heterocycles. The summed E-state index contributed by atoms with van der Waals surface area (Å²) in [6, 6.07) is 2.01. The highest BCUT2D eigenvalue weighted by Crippen LogP contribution is 2.26. The van der Waals surface area contributed by atoms with Gasteiger partial charge in [-0.15, -0.1) is 11.3 Å². The zero-order chi connectivity index (χ0) is 15.3. The minimum absolute atomic E-state index is 0.0318. The standard InChI is InChI=1S/C16H25NO3S/c1-3-5-13-12(4-2)10-14(21-13)15(19)17-16(11-18)6-8-20-9-7-16/h10,18H,3-9,11H2,1-2H3,(H,17,19). The summed E-state index contributed by atoms with van der Waals surface area (Å²) in [6.45, 7) is 5.42.